The van der Waals surface area contributed by atoms with Crippen LogP contribution in [0.1, 0.15) is 12.0 Å². The predicted molar refractivity (Wildman–Crippen MR) is 99.1 cm³/mol. The van der Waals surface area contributed by atoms with E-state index in [1.807, 2.05) is 16.8 Å². The summed E-state index contributed by atoms with van der Waals surface area (Å²) < 4.78 is 9.17. The minimum atomic E-state index is -0.460. The van der Waals surface area contributed by atoms with Crippen molar-refractivity contribution in [1.82, 2.24) is 18.7 Å². The highest BCUT2D eigenvalue weighted by Gasteiger charge is 2.14. The van der Waals surface area contributed by atoms with E-state index in [1.54, 1.807) is 36.1 Å². The zero-order valence-corrected chi connectivity index (χ0v) is 15.2. The average molecular weight is 374 g/mol. The summed E-state index contributed by atoms with van der Waals surface area (Å²) in [5.41, 5.74) is 0.815. The Kier molecular flexibility index (Phi) is 5.17. The molecule has 0 aromatic carbocycles. The van der Waals surface area contributed by atoms with Crippen molar-refractivity contribution in [3.63, 3.8) is 0 Å². The number of esters is 1. The van der Waals surface area contributed by atoms with E-state index >= 15 is 0 Å². The van der Waals surface area contributed by atoms with Crippen LogP contribution in [0.5, 0.6) is 0 Å². The molecule has 8 nitrogen and oxygen atoms in total. The molecule has 3 aromatic heterocycles. The molecule has 0 radical (unpaired) electrons. The average Bonchev–Trinajstić information content (AvgIpc) is 3.27. The van der Waals surface area contributed by atoms with Crippen LogP contribution in [-0.4, -0.2) is 31.3 Å². The van der Waals surface area contributed by atoms with Crippen molar-refractivity contribution in [2.24, 2.45) is 14.1 Å². The number of aromatic nitrogens is 4. The summed E-state index contributed by atoms with van der Waals surface area (Å²) in [5, 5.41) is 3.84. The zero-order valence-electron chi connectivity index (χ0n) is 14.4. The van der Waals surface area contributed by atoms with Gasteiger partial charge < -0.3 is 9.30 Å². The van der Waals surface area contributed by atoms with Gasteiger partial charge in [0.1, 0.15) is 0 Å². The number of thiophene rings is 1. The first-order valence-corrected chi connectivity index (χ1v) is 8.91. The number of nitrogens with zero attached hydrogens (tertiary/aromatic N) is 4. The first-order valence-electron chi connectivity index (χ1n) is 7.97. The van der Waals surface area contributed by atoms with E-state index in [0.717, 1.165) is 10.1 Å². The van der Waals surface area contributed by atoms with Gasteiger partial charge in [-0.15, -0.1) is 0 Å². The molecular formula is C17H18N4O4S. The molecule has 0 bridgehead atoms. The van der Waals surface area contributed by atoms with Crippen molar-refractivity contribution in [2.45, 2.75) is 13.0 Å². The molecule has 3 rings (SSSR count). The number of rotatable bonds is 6. The fraction of sp³-hybridized carbons (Fsp3) is 0.294. The summed E-state index contributed by atoms with van der Waals surface area (Å²) in [6.07, 6.45) is 4.89. The number of imidazole rings is 1. The summed E-state index contributed by atoms with van der Waals surface area (Å²) in [5.74, 6) is -0.460. The molecule has 136 valence electrons. The molecule has 9 heteroatoms. The summed E-state index contributed by atoms with van der Waals surface area (Å²) in [6.45, 7) is 0.278. The van der Waals surface area contributed by atoms with Gasteiger partial charge in [0, 0.05) is 26.7 Å². The SMILES string of the molecule is Cn1cnc2c1c(=O)n(CCCOC(=O)/C=C/c1ccsc1)c(=O)n2C. The van der Waals surface area contributed by atoms with Crippen molar-refractivity contribution in [3.05, 3.63) is 55.6 Å². The lowest BCUT2D eigenvalue weighted by Gasteiger charge is -2.08. The molecule has 0 aliphatic heterocycles. The van der Waals surface area contributed by atoms with Gasteiger partial charge in [0.05, 0.1) is 12.9 Å². The van der Waals surface area contributed by atoms with E-state index < -0.39 is 17.2 Å². The lowest BCUT2D eigenvalue weighted by atomic mass is 10.3. The Labute approximate surface area is 152 Å². The van der Waals surface area contributed by atoms with Crippen molar-refractivity contribution in [3.8, 4) is 0 Å². The fourth-order valence-corrected chi connectivity index (χ4v) is 3.20. The molecule has 0 amide bonds. The van der Waals surface area contributed by atoms with E-state index in [2.05, 4.69) is 4.98 Å². The van der Waals surface area contributed by atoms with E-state index in [-0.39, 0.29) is 13.2 Å². The largest absolute Gasteiger partial charge is 0.462 e. The molecule has 0 unspecified atom stereocenters. The molecule has 0 saturated carbocycles. The molecule has 3 heterocycles. The Bertz CT molecular complexity index is 1070. The first kappa shape index (κ1) is 17.9. The summed E-state index contributed by atoms with van der Waals surface area (Å²) in [7, 11) is 3.27. The Morgan fingerprint density at radius 2 is 2.15 bits per heavy atom. The van der Waals surface area contributed by atoms with Gasteiger partial charge in [-0.3, -0.25) is 13.9 Å². The smallest absolute Gasteiger partial charge is 0.332 e. The predicted octanol–water partition coefficient (Wildman–Crippen LogP) is 1.14. The molecule has 0 aliphatic rings. The van der Waals surface area contributed by atoms with E-state index in [9.17, 15) is 14.4 Å². The van der Waals surface area contributed by atoms with Crippen LogP contribution >= 0.6 is 11.3 Å². The van der Waals surface area contributed by atoms with Crippen LogP contribution in [-0.2, 0) is 30.2 Å². The lowest BCUT2D eigenvalue weighted by Crippen LogP contribution is -2.39. The minimum absolute atomic E-state index is 0.117. The van der Waals surface area contributed by atoms with Crippen LogP contribution < -0.4 is 11.2 Å². The van der Waals surface area contributed by atoms with Gasteiger partial charge >= 0.3 is 11.7 Å². The number of aryl methyl sites for hydroxylation is 2. The molecule has 3 aromatic rings. The van der Waals surface area contributed by atoms with Crippen molar-refractivity contribution < 1.29 is 9.53 Å². The number of carbonyl (C=O) groups is 1. The van der Waals surface area contributed by atoms with Crippen LogP contribution in [0.2, 0.25) is 0 Å². The summed E-state index contributed by atoms with van der Waals surface area (Å²) >= 11 is 1.54. The van der Waals surface area contributed by atoms with Crippen LogP contribution in [0, 0.1) is 0 Å². The third-order valence-corrected chi connectivity index (χ3v) is 4.63. The number of fused-ring (bicyclic) bond motifs is 1. The van der Waals surface area contributed by atoms with Crippen LogP contribution in [0.15, 0.2) is 38.8 Å². The maximum atomic E-state index is 12.5. The van der Waals surface area contributed by atoms with Gasteiger partial charge in [-0.05, 0) is 34.9 Å². The van der Waals surface area contributed by atoms with Crippen LogP contribution in [0.4, 0.5) is 0 Å². The maximum absolute atomic E-state index is 12.5. The third kappa shape index (κ3) is 3.52. The van der Waals surface area contributed by atoms with Gasteiger partial charge in [-0.25, -0.2) is 14.6 Å². The van der Waals surface area contributed by atoms with Crippen molar-refractivity contribution in [2.75, 3.05) is 6.61 Å². The quantitative estimate of drug-likeness (QED) is 0.367. The highest BCUT2D eigenvalue weighted by atomic mass is 32.1. The molecule has 0 N–H and O–H groups in total. The normalized spacial score (nSPS) is 11.5. The van der Waals surface area contributed by atoms with Crippen molar-refractivity contribution >= 4 is 34.5 Å². The zero-order chi connectivity index (χ0) is 18.7. The number of ether oxygens (including phenoxy) is 1. The minimum Gasteiger partial charge on any atom is -0.462 e. The van der Waals surface area contributed by atoms with Crippen LogP contribution in [0.25, 0.3) is 17.2 Å². The monoisotopic (exact) mass is 374 g/mol. The number of hydrogen-bond donors (Lipinski definition) is 0. The second kappa shape index (κ2) is 7.52. The Morgan fingerprint density at radius 3 is 2.88 bits per heavy atom. The highest BCUT2D eigenvalue weighted by Crippen LogP contribution is 2.07. The highest BCUT2D eigenvalue weighted by molar-refractivity contribution is 7.08. The number of carbonyl (C=O) groups excluding carboxylic acids is 1. The maximum Gasteiger partial charge on any atom is 0.332 e. The van der Waals surface area contributed by atoms with Gasteiger partial charge in [0.15, 0.2) is 11.2 Å². The molecule has 0 fully saturated rings. The van der Waals surface area contributed by atoms with E-state index in [0.29, 0.717) is 17.6 Å². The van der Waals surface area contributed by atoms with Gasteiger partial charge in [0.2, 0.25) is 0 Å². The number of hydrogen-bond acceptors (Lipinski definition) is 6. The molecule has 0 saturated heterocycles. The van der Waals surface area contributed by atoms with Gasteiger partial charge in [-0.1, -0.05) is 0 Å². The van der Waals surface area contributed by atoms with Gasteiger partial charge in [-0.2, -0.15) is 11.3 Å². The second-order valence-electron chi connectivity index (χ2n) is 5.74. The summed E-state index contributed by atoms with van der Waals surface area (Å²) in [4.78, 5) is 40.6. The topological polar surface area (TPSA) is 88.1 Å². The van der Waals surface area contributed by atoms with E-state index in [1.165, 1.54) is 17.0 Å². The van der Waals surface area contributed by atoms with E-state index in [4.69, 9.17) is 4.74 Å². The standard InChI is InChI=1S/C17H18N4O4S/c1-19-11-18-15-14(19)16(23)21(17(24)20(15)2)7-3-8-25-13(22)5-4-12-6-9-26-10-12/h4-6,9-11H,3,7-8H2,1-2H3/b5-4+. The second-order valence-corrected chi connectivity index (χ2v) is 6.52. The molecule has 0 atom stereocenters. The molecular weight excluding hydrogens is 356 g/mol. The first-order chi connectivity index (χ1) is 12.5. The van der Waals surface area contributed by atoms with Gasteiger partial charge in [0.25, 0.3) is 5.56 Å². The molecule has 0 spiro atoms. The Hall–Kier alpha value is -2.94. The fourth-order valence-electron chi connectivity index (χ4n) is 2.57. The summed E-state index contributed by atoms with van der Waals surface area (Å²) in [6, 6.07) is 1.89. The Morgan fingerprint density at radius 1 is 1.35 bits per heavy atom. The third-order valence-electron chi connectivity index (χ3n) is 3.93. The van der Waals surface area contributed by atoms with Crippen LogP contribution in [0.3, 0.4) is 0 Å². The molecule has 26 heavy (non-hydrogen) atoms. The Balaban J connectivity index is 1.63. The lowest BCUT2D eigenvalue weighted by molar-refractivity contribution is -0.137. The van der Waals surface area contributed by atoms with Crippen molar-refractivity contribution in [1.29, 1.82) is 0 Å². The molecule has 0 aliphatic carbocycles.